The fourth-order valence-corrected chi connectivity index (χ4v) is 4.82. The highest BCUT2D eigenvalue weighted by Gasteiger charge is 2.41. The third-order valence-electron chi connectivity index (χ3n) is 6.63. The molecule has 2 aromatic carbocycles. The van der Waals surface area contributed by atoms with E-state index in [9.17, 15) is 4.79 Å². The molecular weight excluding hydrogens is 418 g/mol. The molecule has 3 aromatic rings. The van der Waals surface area contributed by atoms with Crippen LogP contribution in [0.5, 0.6) is 17.2 Å². The molecule has 2 aliphatic carbocycles. The standard InChI is InChI=1S/C26H27N3O4/c1-31-21-13-17(14-22(32-2)24(21)33-3)26(16-7-5-4-6-8-16)12-11-19-20(15-26)29(18-9-10-18)28-23(19)25(27)30/h4-8,11-14,18H,9-10,15H2,1-3H3,(H2,27,30). The Morgan fingerprint density at radius 3 is 2.24 bits per heavy atom. The summed E-state index contributed by atoms with van der Waals surface area (Å²) in [5, 5.41) is 4.62. The maximum atomic E-state index is 12.1. The quantitative estimate of drug-likeness (QED) is 0.596. The van der Waals surface area contributed by atoms with Crippen LogP contribution in [0.1, 0.15) is 51.8 Å². The first-order valence-corrected chi connectivity index (χ1v) is 11.0. The van der Waals surface area contributed by atoms with Gasteiger partial charge in [0.25, 0.3) is 5.91 Å². The molecule has 1 unspecified atom stereocenters. The van der Waals surface area contributed by atoms with Gasteiger partial charge in [0.2, 0.25) is 5.75 Å². The molecule has 170 valence electrons. The highest BCUT2D eigenvalue weighted by atomic mass is 16.5. The fourth-order valence-electron chi connectivity index (χ4n) is 4.82. The van der Waals surface area contributed by atoms with Crippen molar-refractivity contribution >= 4 is 12.0 Å². The summed E-state index contributed by atoms with van der Waals surface area (Å²) in [4.78, 5) is 12.1. The van der Waals surface area contributed by atoms with Gasteiger partial charge in [-0.2, -0.15) is 5.10 Å². The maximum absolute atomic E-state index is 12.1. The lowest BCUT2D eigenvalue weighted by Gasteiger charge is -2.35. The van der Waals surface area contributed by atoms with Crippen molar-refractivity contribution < 1.29 is 19.0 Å². The third kappa shape index (κ3) is 3.35. The molecule has 7 heteroatoms. The van der Waals surface area contributed by atoms with Gasteiger partial charge in [-0.05, 0) is 36.1 Å². The van der Waals surface area contributed by atoms with Crippen molar-refractivity contribution in [2.75, 3.05) is 21.3 Å². The Kier molecular flexibility index (Phi) is 5.12. The highest BCUT2D eigenvalue weighted by molar-refractivity contribution is 5.95. The minimum Gasteiger partial charge on any atom is -0.493 e. The molecular formula is C26H27N3O4. The molecule has 1 amide bonds. The number of fused-ring (bicyclic) bond motifs is 1. The highest BCUT2D eigenvalue weighted by Crippen LogP contribution is 2.49. The molecule has 0 saturated heterocycles. The number of hydrogen-bond acceptors (Lipinski definition) is 5. The minimum atomic E-state index is -0.525. The van der Waals surface area contributed by atoms with E-state index >= 15 is 0 Å². The molecule has 1 heterocycles. The average molecular weight is 446 g/mol. The number of nitrogens with zero attached hydrogens (tertiary/aromatic N) is 2. The van der Waals surface area contributed by atoms with E-state index in [1.54, 1.807) is 21.3 Å². The molecule has 7 nitrogen and oxygen atoms in total. The van der Waals surface area contributed by atoms with Crippen molar-refractivity contribution in [2.24, 2.45) is 5.73 Å². The van der Waals surface area contributed by atoms with E-state index in [1.807, 2.05) is 41.1 Å². The molecule has 2 aliphatic rings. The van der Waals surface area contributed by atoms with Gasteiger partial charge in [-0.25, -0.2) is 0 Å². The van der Waals surface area contributed by atoms with Gasteiger partial charge in [-0.15, -0.1) is 0 Å². The number of amides is 1. The summed E-state index contributed by atoms with van der Waals surface area (Å²) in [5.74, 6) is 1.23. The summed E-state index contributed by atoms with van der Waals surface area (Å²) >= 11 is 0. The van der Waals surface area contributed by atoms with Crippen molar-refractivity contribution in [3.63, 3.8) is 0 Å². The van der Waals surface area contributed by atoms with E-state index in [0.717, 1.165) is 35.2 Å². The van der Waals surface area contributed by atoms with E-state index in [1.165, 1.54) is 0 Å². The van der Waals surface area contributed by atoms with Gasteiger partial charge in [-0.3, -0.25) is 9.48 Å². The monoisotopic (exact) mass is 445 g/mol. The van der Waals surface area contributed by atoms with Crippen molar-refractivity contribution in [1.29, 1.82) is 0 Å². The lowest BCUT2D eigenvalue weighted by molar-refractivity contribution is 0.0994. The molecule has 0 bridgehead atoms. The van der Waals surface area contributed by atoms with Crippen LogP contribution >= 0.6 is 0 Å². The smallest absolute Gasteiger partial charge is 0.269 e. The maximum Gasteiger partial charge on any atom is 0.269 e. The van der Waals surface area contributed by atoms with Gasteiger partial charge in [-0.1, -0.05) is 42.5 Å². The summed E-state index contributed by atoms with van der Waals surface area (Å²) in [6, 6.07) is 14.6. The summed E-state index contributed by atoms with van der Waals surface area (Å²) in [6.45, 7) is 0. The van der Waals surface area contributed by atoms with Gasteiger partial charge in [0.1, 0.15) is 0 Å². The van der Waals surface area contributed by atoms with Crippen molar-refractivity contribution in [1.82, 2.24) is 9.78 Å². The van der Waals surface area contributed by atoms with Crippen LogP contribution in [0.25, 0.3) is 6.08 Å². The van der Waals surface area contributed by atoms with Gasteiger partial charge in [0.15, 0.2) is 17.2 Å². The van der Waals surface area contributed by atoms with Crippen molar-refractivity contribution in [3.8, 4) is 17.2 Å². The van der Waals surface area contributed by atoms with E-state index in [4.69, 9.17) is 19.9 Å². The van der Waals surface area contributed by atoms with Crippen LogP contribution in [-0.4, -0.2) is 37.0 Å². The summed E-state index contributed by atoms with van der Waals surface area (Å²) in [7, 11) is 4.83. The number of methoxy groups -OCH3 is 3. The molecule has 0 spiro atoms. The van der Waals surface area contributed by atoms with E-state index in [2.05, 4.69) is 23.3 Å². The Morgan fingerprint density at radius 2 is 1.70 bits per heavy atom. The Labute approximate surface area is 192 Å². The SMILES string of the molecule is COc1cc(C2(c3ccccc3)C=Cc3c(C(N)=O)nn(C4CC4)c3C2)cc(OC)c1OC. The predicted molar refractivity (Wildman–Crippen MR) is 125 cm³/mol. The zero-order valence-corrected chi connectivity index (χ0v) is 19.0. The van der Waals surface area contributed by atoms with E-state index < -0.39 is 11.3 Å². The molecule has 5 rings (SSSR count). The molecule has 1 saturated carbocycles. The number of ether oxygens (including phenoxy) is 3. The summed E-state index contributed by atoms with van der Waals surface area (Å²) in [6.07, 6.45) is 6.85. The van der Waals surface area contributed by atoms with Crippen LogP contribution < -0.4 is 19.9 Å². The Hall–Kier alpha value is -3.74. The van der Waals surface area contributed by atoms with E-state index in [-0.39, 0.29) is 0 Å². The number of carbonyl (C=O) groups is 1. The number of rotatable bonds is 7. The van der Waals surface area contributed by atoms with Crippen LogP contribution in [0.15, 0.2) is 48.5 Å². The number of primary amides is 1. The minimum absolute atomic E-state index is 0.312. The number of nitrogens with two attached hydrogens (primary N) is 1. The number of hydrogen-bond donors (Lipinski definition) is 1. The average Bonchev–Trinajstić information content (AvgIpc) is 3.63. The molecule has 2 N–H and O–H groups in total. The van der Waals surface area contributed by atoms with E-state index in [0.29, 0.717) is 35.4 Å². The number of aromatic nitrogens is 2. The summed E-state index contributed by atoms with van der Waals surface area (Å²) in [5.41, 5.74) is 9.43. The number of benzene rings is 2. The normalized spacial score (nSPS) is 19.1. The largest absolute Gasteiger partial charge is 0.493 e. The molecule has 0 radical (unpaired) electrons. The molecule has 33 heavy (non-hydrogen) atoms. The Morgan fingerprint density at radius 1 is 1.03 bits per heavy atom. The van der Waals surface area contributed by atoms with Gasteiger partial charge in [0.05, 0.1) is 27.4 Å². The van der Waals surface area contributed by atoms with Crippen LogP contribution in [0.2, 0.25) is 0 Å². The molecule has 1 aromatic heterocycles. The number of carbonyl (C=O) groups excluding carboxylic acids is 1. The van der Waals surface area contributed by atoms with Gasteiger partial charge in [0, 0.05) is 23.1 Å². The van der Waals surface area contributed by atoms with Crippen molar-refractivity contribution in [2.45, 2.75) is 30.7 Å². The van der Waals surface area contributed by atoms with Crippen molar-refractivity contribution in [3.05, 3.63) is 76.6 Å². The Bertz CT molecular complexity index is 1220. The summed E-state index contributed by atoms with van der Waals surface area (Å²) < 4.78 is 18.9. The van der Waals surface area contributed by atoms with Crippen LogP contribution in [0.4, 0.5) is 0 Å². The zero-order chi connectivity index (χ0) is 23.2. The Balaban J connectivity index is 1.75. The number of allylic oxidation sites excluding steroid dienone is 1. The fraction of sp³-hybridized carbons (Fsp3) is 0.308. The second kappa shape index (κ2) is 7.99. The van der Waals surface area contributed by atoms with Gasteiger partial charge >= 0.3 is 0 Å². The molecule has 1 fully saturated rings. The molecule has 1 atom stereocenters. The van der Waals surface area contributed by atoms with Gasteiger partial charge < -0.3 is 19.9 Å². The first kappa shape index (κ1) is 21.1. The van der Waals surface area contributed by atoms with Crippen LogP contribution in [0, 0.1) is 0 Å². The third-order valence-corrected chi connectivity index (χ3v) is 6.63. The predicted octanol–water partition coefficient (Wildman–Crippen LogP) is 3.90. The van der Waals surface area contributed by atoms with Crippen LogP contribution in [-0.2, 0) is 11.8 Å². The first-order chi connectivity index (χ1) is 16.0. The topological polar surface area (TPSA) is 88.6 Å². The second-order valence-electron chi connectivity index (χ2n) is 8.51. The lowest BCUT2D eigenvalue weighted by atomic mass is 9.68. The zero-order valence-electron chi connectivity index (χ0n) is 19.0. The second-order valence-corrected chi connectivity index (χ2v) is 8.51. The van der Waals surface area contributed by atoms with Crippen LogP contribution in [0.3, 0.4) is 0 Å². The lowest BCUT2D eigenvalue weighted by Crippen LogP contribution is -2.32. The molecule has 0 aliphatic heterocycles. The first-order valence-electron chi connectivity index (χ1n) is 11.0.